The van der Waals surface area contributed by atoms with Crippen molar-refractivity contribution < 1.29 is 4.79 Å². The molecule has 3 aromatic rings. The van der Waals surface area contributed by atoms with E-state index in [2.05, 4.69) is 22.3 Å². The van der Waals surface area contributed by atoms with Crippen LogP contribution in [0.1, 0.15) is 35.3 Å². The summed E-state index contributed by atoms with van der Waals surface area (Å²) in [5.74, 6) is 0.0501. The number of nitrogens with zero attached hydrogens (tertiary/aromatic N) is 3. The standard InChI is InChI=1S/C17H20N4OS/c1-3-16-20-21-14(12(2)19-17(21)23-16)11-18-15(22)10-9-13-7-5-4-6-8-13/h4-8H,3,9-11H2,1-2H3,(H,18,22). The first-order valence-corrected chi connectivity index (χ1v) is 8.63. The molecule has 0 spiro atoms. The van der Waals surface area contributed by atoms with E-state index in [1.165, 1.54) is 5.56 Å². The van der Waals surface area contributed by atoms with Gasteiger partial charge in [0, 0.05) is 6.42 Å². The van der Waals surface area contributed by atoms with Crippen molar-refractivity contribution in [2.45, 2.75) is 39.7 Å². The number of imidazole rings is 1. The molecule has 0 atom stereocenters. The van der Waals surface area contributed by atoms with Gasteiger partial charge in [0.15, 0.2) is 0 Å². The van der Waals surface area contributed by atoms with E-state index in [-0.39, 0.29) is 5.91 Å². The molecule has 6 heteroatoms. The average molecular weight is 328 g/mol. The second-order valence-electron chi connectivity index (χ2n) is 5.45. The Kier molecular flexibility index (Phi) is 4.71. The summed E-state index contributed by atoms with van der Waals surface area (Å²) < 4.78 is 1.86. The third-order valence-corrected chi connectivity index (χ3v) is 4.83. The normalized spacial score (nSPS) is 11.0. The lowest BCUT2D eigenvalue weighted by molar-refractivity contribution is -0.121. The molecule has 120 valence electrons. The Morgan fingerprint density at radius 1 is 1.30 bits per heavy atom. The van der Waals surface area contributed by atoms with E-state index in [1.807, 2.05) is 41.8 Å². The van der Waals surface area contributed by atoms with Gasteiger partial charge in [-0.2, -0.15) is 5.10 Å². The number of rotatable bonds is 6. The maximum atomic E-state index is 12.1. The molecule has 0 saturated heterocycles. The molecule has 2 aromatic heterocycles. The van der Waals surface area contributed by atoms with Crippen LogP contribution in [0.15, 0.2) is 30.3 Å². The molecule has 0 aliphatic carbocycles. The van der Waals surface area contributed by atoms with Gasteiger partial charge in [0.05, 0.1) is 17.9 Å². The number of fused-ring (bicyclic) bond motifs is 1. The molecule has 2 heterocycles. The quantitative estimate of drug-likeness (QED) is 0.757. The molecular weight excluding hydrogens is 308 g/mol. The third kappa shape index (κ3) is 3.59. The van der Waals surface area contributed by atoms with Gasteiger partial charge in [-0.3, -0.25) is 4.79 Å². The number of carbonyl (C=O) groups excluding carboxylic acids is 1. The van der Waals surface area contributed by atoms with Crippen molar-refractivity contribution in [3.8, 4) is 0 Å². The second kappa shape index (κ2) is 6.91. The van der Waals surface area contributed by atoms with E-state index >= 15 is 0 Å². The van der Waals surface area contributed by atoms with Crippen LogP contribution in [0.2, 0.25) is 0 Å². The first-order valence-electron chi connectivity index (χ1n) is 7.82. The number of aryl methyl sites for hydroxylation is 3. The summed E-state index contributed by atoms with van der Waals surface area (Å²) in [5, 5.41) is 8.58. The van der Waals surface area contributed by atoms with Gasteiger partial charge in [0.1, 0.15) is 5.01 Å². The highest BCUT2D eigenvalue weighted by molar-refractivity contribution is 7.16. The lowest BCUT2D eigenvalue weighted by atomic mass is 10.1. The Labute approximate surface area is 139 Å². The summed E-state index contributed by atoms with van der Waals surface area (Å²) >= 11 is 1.60. The highest BCUT2D eigenvalue weighted by Crippen LogP contribution is 2.18. The van der Waals surface area contributed by atoms with Gasteiger partial charge >= 0.3 is 0 Å². The molecule has 0 radical (unpaired) electrons. The number of hydrogen-bond acceptors (Lipinski definition) is 4. The number of hydrogen-bond donors (Lipinski definition) is 1. The van der Waals surface area contributed by atoms with E-state index in [4.69, 9.17) is 0 Å². The first-order chi connectivity index (χ1) is 11.2. The van der Waals surface area contributed by atoms with Gasteiger partial charge in [0.25, 0.3) is 0 Å². The van der Waals surface area contributed by atoms with Gasteiger partial charge in [0.2, 0.25) is 10.9 Å². The second-order valence-corrected chi connectivity index (χ2v) is 6.49. The molecule has 1 amide bonds. The van der Waals surface area contributed by atoms with Gasteiger partial charge < -0.3 is 5.32 Å². The summed E-state index contributed by atoms with van der Waals surface area (Å²) in [5.41, 5.74) is 3.07. The zero-order valence-corrected chi connectivity index (χ0v) is 14.2. The van der Waals surface area contributed by atoms with Crippen LogP contribution < -0.4 is 5.32 Å². The Morgan fingerprint density at radius 2 is 2.09 bits per heavy atom. The lowest BCUT2D eigenvalue weighted by Gasteiger charge is -2.05. The fourth-order valence-corrected chi connectivity index (χ4v) is 3.35. The number of nitrogens with one attached hydrogen (secondary N) is 1. The maximum Gasteiger partial charge on any atom is 0.220 e. The minimum absolute atomic E-state index is 0.0501. The molecule has 0 fully saturated rings. The number of carbonyl (C=O) groups is 1. The van der Waals surface area contributed by atoms with Crippen molar-refractivity contribution in [1.29, 1.82) is 0 Å². The minimum atomic E-state index is 0.0501. The molecule has 0 saturated carbocycles. The average Bonchev–Trinajstić information content (AvgIpc) is 3.08. The number of aromatic nitrogens is 3. The van der Waals surface area contributed by atoms with Crippen LogP contribution >= 0.6 is 11.3 Å². The highest BCUT2D eigenvalue weighted by Gasteiger charge is 2.14. The van der Waals surface area contributed by atoms with Crippen LogP contribution in [0.4, 0.5) is 0 Å². The molecule has 0 aliphatic rings. The molecular formula is C17H20N4OS. The molecule has 1 N–H and O–H groups in total. The highest BCUT2D eigenvalue weighted by atomic mass is 32.1. The van der Waals surface area contributed by atoms with Crippen LogP contribution in [0.3, 0.4) is 0 Å². The molecule has 1 aromatic carbocycles. The van der Waals surface area contributed by atoms with Crippen molar-refractivity contribution in [2.24, 2.45) is 0 Å². The number of benzene rings is 1. The van der Waals surface area contributed by atoms with E-state index in [0.717, 1.165) is 34.2 Å². The van der Waals surface area contributed by atoms with Crippen molar-refractivity contribution in [1.82, 2.24) is 19.9 Å². The monoisotopic (exact) mass is 328 g/mol. The predicted octanol–water partition coefficient (Wildman–Crippen LogP) is 2.91. The van der Waals surface area contributed by atoms with Gasteiger partial charge in [-0.25, -0.2) is 9.50 Å². The van der Waals surface area contributed by atoms with Crippen molar-refractivity contribution in [2.75, 3.05) is 0 Å². The van der Waals surface area contributed by atoms with Crippen LogP contribution in [0, 0.1) is 6.92 Å². The maximum absolute atomic E-state index is 12.1. The van der Waals surface area contributed by atoms with E-state index in [9.17, 15) is 4.79 Å². The van der Waals surface area contributed by atoms with Crippen molar-refractivity contribution in [3.05, 3.63) is 52.3 Å². The Morgan fingerprint density at radius 3 is 2.83 bits per heavy atom. The molecule has 3 rings (SSSR count). The summed E-state index contributed by atoms with van der Waals surface area (Å²) in [6.45, 7) is 4.50. The van der Waals surface area contributed by atoms with Crippen molar-refractivity contribution >= 4 is 22.2 Å². The largest absolute Gasteiger partial charge is 0.350 e. The van der Waals surface area contributed by atoms with Gasteiger partial charge in [-0.1, -0.05) is 48.6 Å². The first kappa shape index (κ1) is 15.7. The molecule has 0 unspecified atom stereocenters. The van der Waals surface area contributed by atoms with Crippen LogP contribution in [0.5, 0.6) is 0 Å². The smallest absolute Gasteiger partial charge is 0.220 e. The molecule has 23 heavy (non-hydrogen) atoms. The lowest BCUT2D eigenvalue weighted by Crippen LogP contribution is -2.24. The zero-order chi connectivity index (χ0) is 16.2. The Bertz CT molecular complexity index is 807. The van der Waals surface area contributed by atoms with E-state index in [1.54, 1.807) is 11.3 Å². The Balaban J connectivity index is 1.60. The topological polar surface area (TPSA) is 59.3 Å². The predicted molar refractivity (Wildman–Crippen MR) is 91.6 cm³/mol. The van der Waals surface area contributed by atoms with Crippen molar-refractivity contribution in [3.63, 3.8) is 0 Å². The van der Waals surface area contributed by atoms with E-state index < -0.39 is 0 Å². The molecule has 0 bridgehead atoms. The zero-order valence-electron chi connectivity index (χ0n) is 13.4. The molecule has 5 nitrogen and oxygen atoms in total. The van der Waals surface area contributed by atoms with E-state index in [0.29, 0.717) is 13.0 Å². The van der Waals surface area contributed by atoms with Crippen LogP contribution in [-0.2, 0) is 24.2 Å². The minimum Gasteiger partial charge on any atom is -0.350 e. The van der Waals surface area contributed by atoms with Gasteiger partial charge in [-0.15, -0.1) is 0 Å². The summed E-state index contributed by atoms with van der Waals surface area (Å²) in [6.07, 6.45) is 2.14. The SMILES string of the molecule is CCc1nn2c(CNC(=O)CCc3ccccc3)c(C)nc2s1. The third-order valence-electron chi connectivity index (χ3n) is 3.78. The van der Waals surface area contributed by atoms with Gasteiger partial charge in [-0.05, 0) is 25.3 Å². The van der Waals surface area contributed by atoms with Crippen LogP contribution in [-0.4, -0.2) is 20.5 Å². The van der Waals surface area contributed by atoms with Crippen LogP contribution in [0.25, 0.3) is 4.96 Å². The Hall–Kier alpha value is -2.21. The summed E-state index contributed by atoms with van der Waals surface area (Å²) in [7, 11) is 0. The molecule has 0 aliphatic heterocycles. The number of amides is 1. The fraction of sp³-hybridized carbons (Fsp3) is 0.353. The summed E-state index contributed by atoms with van der Waals surface area (Å²) in [4.78, 5) is 17.5. The summed E-state index contributed by atoms with van der Waals surface area (Å²) in [6, 6.07) is 10.1. The fourth-order valence-electron chi connectivity index (χ4n) is 2.45.